The molecule has 4 heterocycles. The SMILES string of the molecule is Cc1c([N+](=O)[O-])cnc2c1c(C1=CC3CCC1CN3C(=O)OC(C)(C)C)cn2C. The minimum Gasteiger partial charge on any atom is -0.444 e. The molecule has 1 fully saturated rings. The molecular weight excluding hydrogens is 372 g/mol. The van der Waals surface area contributed by atoms with Gasteiger partial charge < -0.3 is 14.2 Å². The number of fused-ring (bicyclic) bond motifs is 3. The highest BCUT2D eigenvalue weighted by atomic mass is 16.6. The summed E-state index contributed by atoms with van der Waals surface area (Å²) in [7, 11) is 1.90. The molecular formula is C21H26N4O4. The minimum atomic E-state index is -0.530. The number of hydrogen-bond donors (Lipinski definition) is 0. The van der Waals surface area contributed by atoms with E-state index in [0.717, 1.165) is 35.0 Å². The molecule has 8 nitrogen and oxygen atoms in total. The fourth-order valence-corrected chi connectivity index (χ4v) is 4.49. The molecule has 1 amide bonds. The number of aromatic nitrogens is 2. The third kappa shape index (κ3) is 3.26. The average Bonchev–Trinajstić information content (AvgIpc) is 2.98. The Balaban J connectivity index is 1.76. The van der Waals surface area contributed by atoms with Crippen molar-refractivity contribution in [1.29, 1.82) is 0 Å². The summed E-state index contributed by atoms with van der Waals surface area (Å²) in [6, 6.07) is -0.0212. The first-order valence-electron chi connectivity index (χ1n) is 9.87. The van der Waals surface area contributed by atoms with E-state index < -0.39 is 5.60 Å². The van der Waals surface area contributed by atoms with Crippen molar-refractivity contribution >= 4 is 28.4 Å². The third-order valence-electron chi connectivity index (χ3n) is 5.79. The van der Waals surface area contributed by atoms with Gasteiger partial charge in [-0.1, -0.05) is 6.08 Å². The molecule has 154 valence electrons. The highest BCUT2D eigenvalue weighted by molar-refractivity contribution is 5.96. The summed E-state index contributed by atoms with van der Waals surface area (Å²) in [6.45, 7) is 7.98. The molecule has 2 aliphatic heterocycles. The van der Waals surface area contributed by atoms with Crippen LogP contribution in [0.15, 0.2) is 18.5 Å². The summed E-state index contributed by atoms with van der Waals surface area (Å²) < 4.78 is 7.49. The molecule has 2 atom stereocenters. The first kappa shape index (κ1) is 19.4. The van der Waals surface area contributed by atoms with Crippen molar-refractivity contribution in [3.63, 3.8) is 0 Å². The van der Waals surface area contributed by atoms with Crippen LogP contribution in [0.1, 0.15) is 44.7 Å². The Labute approximate surface area is 169 Å². The maximum Gasteiger partial charge on any atom is 0.410 e. The van der Waals surface area contributed by atoms with Crippen LogP contribution in [-0.4, -0.2) is 43.7 Å². The van der Waals surface area contributed by atoms with Crippen molar-refractivity contribution < 1.29 is 14.5 Å². The zero-order valence-corrected chi connectivity index (χ0v) is 17.4. The Morgan fingerprint density at radius 1 is 1.34 bits per heavy atom. The predicted octanol–water partition coefficient (Wildman–Crippen LogP) is 4.20. The number of rotatable bonds is 2. The van der Waals surface area contributed by atoms with E-state index in [1.54, 1.807) is 6.92 Å². The Morgan fingerprint density at radius 2 is 2.07 bits per heavy atom. The number of carbonyl (C=O) groups is 1. The van der Waals surface area contributed by atoms with Crippen LogP contribution in [0.5, 0.6) is 0 Å². The second-order valence-electron chi connectivity index (χ2n) is 8.97. The molecule has 1 aliphatic carbocycles. The quantitative estimate of drug-likeness (QED) is 0.558. The van der Waals surface area contributed by atoms with Gasteiger partial charge in [-0.2, -0.15) is 0 Å². The Bertz CT molecular complexity index is 1050. The Morgan fingerprint density at radius 3 is 2.66 bits per heavy atom. The van der Waals surface area contributed by atoms with Crippen LogP contribution in [0.2, 0.25) is 0 Å². The van der Waals surface area contributed by atoms with E-state index in [9.17, 15) is 14.9 Å². The molecule has 2 unspecified atom stereocenters. The number of nitro groups is 1. The molecule has 29 heavy (non-hydrogen) atoms. The molecule has 2 aromatic rings. The van der Waals surface area contributed by atoms with E-state index in [2.05, 4.69) is 11.1 Å². The van der Waals surface area contributed by atoms with Crippen LogP contribution >= 0.6 is 0 Å². The van der Waals surface area contributed by atoms with Crippen LogP contribution < -0.4 is 0 Å². The Kier molecular flexibility index (Phi) is 4.40. The standard InChI is InChI=1S/C21H26N4O4/c1-12-17(25(27)28)9-22-19-18(12)16(11-23(19)5)15-8-14-7-6-13(15)10-24(14)20(26)29-21(2,3)4/h8-9,11,13-14H,6-7,10H2,1-5H3. The first-order valence-corrected chi connectivity index (χ1v) is 9.87. The van der Waals surface area contributed by atoms with Crippen molar-refractivity contribution in [2.45, 2.75) is 52.2 Å². The van der Waals surface area contributed by atoms with E-state index >= 15 is 0 Å². The summed E-state index contributed by atoms with van der Waals surface area (Å²) >= 11 is 0. The van der Waals surface area contributed by atoms with Gasteiger partial charge in [0.25, 0.3) is 5.69 Å². The topological polar surface area (TPSA) is 90.5 Å². The van der Waals surface area contributed by atoms with Crippen molar-refractivity contribution in [2.24, 2.45) is 13.0 Å². The van der Waals surface area contributed by atoms with Gasteiger partial charge in [0.05, 0.1) is 11.0 Å². The monoisotopic (exact) mass is 398 g/mol. The lowest BCUT2D eigenvalue weighted by Gasteiger charge is -2.44. The van der Waals surface area contributed by atoms with E-state index in [1.807, 2.05) is 43.5 Å². The molecule has 3 aliphatic rings. The number of nitrogens with zero attached hydrogens (tertiary/aromatic N) is 4. The van der Waals surface area contributed by atoms with Crippen LogP contribution in [0, 0.1) is 23.0 Å². The summed E-state index contributed by atoms with van der Waals surface area (Å²) in [4.78, 5) is 29.8. The summed E-state index contributed by atoms with van der Waals surface area (Å²) in [5.74, 6) is 0.178. The predicted molar refractivity (Wildman–Crippen MR) is 110 cm³/mol. The molecule has 2 aromatic heterocycles. The van der Waals surface area contributed by atoms with Crippen LogP contribution in [-0.2, 0) is 11.8 Å². The van der Waals surface area contributed by atoms with Gasteiger partial charge in [-0.15, -0.1) is 0 Å². The first-order chi connectivity index (χ1) is 13.6. The number of aryl methyl sites for hydroxylation is 2. The van der Waals surface area contributed by atoms with Crippen molar-refractivity contribution in [2.75, 3.05) is 6.54 Å². The number of hydrogen-bond acceptors (Lipinski definition) is 5. The lowest BCUT2D eigenvalue weighted by Crippen LogP contribution is -2.51. The molecule has 5 rings (SSSR count). The van der Waals surface area contributed by atoms with Crippen LogP contribution in [0.4, 0.5) is 10.5 Å². The van der Waals surface area contributed by atoms with Gasteiger partial charge in [0.1, 0.15) is 17.4 Å². The van der Waals surface area contributed by atoms with Gasteiger partial charge in [-0.25, -0.2) is 9.78 Å². The highest BCUT2D eigenvalue weighted by Crippen LogP contribution is 2.44. The van der Waals surface area contributed by atoms with E-state index in [-0.39, 0.29) is 28.7 Å². The zero-order chi connectivity index (χ0) is 21.1. The number of ether oxygens (including phenoxy) is 1. The summed E-state index contributed by atoms with van der Waals surface area (Å²) in [5, 5.41) is 12.2. The number of carbonyl (C=O) groups excluding carboxylic acids is 1. The Hall–Kier alpha value is -2.90. The van der Waals surface area contributed by atoms with E-state index in [1.165, 1.54) is 6.20 Å². The number of pyridine rings is 1. The highest BCUT2D eigenvalue weighted by Gasteiger charge is 2.40. The van der Waals surface area contributed by atoms with E-state index in [0.29, 0.717) is 12.1 Å². The second kappa shape index (κ2) is 6.57. The van der Waals surface area contributed by atoms with Gasteiger partial charge >= 0.3 is 6.09 Å². The number of amides is 1. The average molecular weight is 398 g/mol. The molecule has 0 aromatic carbocycles. The van der Waals surface area contributed by atoms with Crippen molar-refractivity contribution in [3.8, 4) is 0 Å². The van der Waals surface area contributed by atoms with Crippen LogP contribution in [0.3, 0.4) is 0 Å². The maximum atomic E-state index is 12.6. The second-order valence-corrected chi connectivity index (χ2v) is 8.97. The molecule has 2 bridgehead atoms. The van der Waals surface area contributed by atoms with Gasteiger partial charge in [0.15, 0.2) is 0 Å². The van der Waals surface area contributed by atoms with E-state index in [4.69, 9.17) is 4.74 Å². The fraction of sp³-hybridized carbons (Fsp3) is 0.524. The lowest BCUT2D eigenvalue weighted by molar-refractivity contribution is -0.385. The smallest absolute Gasteiger partial charge is 0.410 e. The maximum absolute atomic E-state index is 12.6. The molecule has 0 saturated carbocycles. The van der Waals surface area contributed by atoms with Gasteiger partial charge in [0.2, 0.25) is 0 Å². The fourth-order valence-electron chi connectivity index (χ4n) is 4.49. The number of piperidine rings is 1. The molecule has 0 N–H and O–H groups in total. The normalized spacial score (nSPS) is 21.4. The lowest BCUT2D eigenvalue weighted by atomic mass is 9.77. The largest absolute Gasteiger partial charge is 0.444 e. The van der Waals surface area contributed by atoms with Gasteiger partial charge in [-0.3, -0.25) is 10.1 Å². The summed E-state index contributed by atoms with van der Waals surface area (Å²) in [6.07, 6.45) is 7.05. The third-order valence-corrected chi connectivity index (χ3v) is 5.79. The molecule has 8 heteroatoms. The van der Waals surface area contributed by atoms with Gasteiger partial charge in [-0.05, 0) is 46.1 Å². The van der Waals surface area contributed by atoms with Crippen LogP contribution in [0.25, 0.3) is 16.6 Å². The van der Waals surface area contributed by atoms with Crippen molar-refractivity contribution in [1.82, 2.24) is 14.5 Å². The molecule has 1 saturated heterocycles. The zero-order valence-electron chi connectivity index (χ0n) is 17.4. The van der Waals surface area contributed by atoms with Gasteiger partial charge in [0, 0.05) is 42.2 Å². The molecule has 0 spiro atoms. The van der Waals surface area contributed by atoms with Crippen molar-refractivity contribution in [3.05, 3.63) is 39.7 Å². The summed E-state index contributed by atoms with van der Waals surface area (Å²) in [5.41, 5.74) is 2.99. The minimum absolute atomic E-state index is 0.0212. The molecule has 0 radical (unpaired) electrons.